The van der Waals surface area contributed by atoms with Crippen molar-refractivity contribution in [2.24, 2.45) is 0 Å². The van der Waals surface area contributed by atoms with E-state index in [0.29, 0.717) is 11.3 Å². The van der Waals surface area contributed by atoms with Gasteiger partial charge in [0.25, 0.3) is 5.91 Å². The molecule has 0 aliphatic rings. The fourth-order valence-corrected chi connectivity index (χ4v) is 1.81. The average molecular weight is 258 g/mol. The highest BCUT2D eigenvalue weighted by Gasteiger charge is 2.11. The molecular formula is C15H18N2O2. The van der Waals surface area contributed by atoms with E-state index >= 15 is 0 Å². The van der Waals surface area contributed by atoms with Crippen LogP contribution in [0.4, 0.5) is 5.69 Å². The lowest BCUT2D eigenvalue weighted by Gasteiger charge is -2.04. The summed E-state index contributed by atoms with van der Waals surface area (Å²) in [5, 5.41) is 12.2. The molecule has 19 heavy (non-hydrogen) atoms. The summed E-state index contributed by atoms with van der Waals surface area (Å²) in [5.74, 6) is -0.212. The molecule has 0 radical (unpaired) electrons. The molecule has 0 bridgehead atoms. The Balaban J connectivity index is 2.06. The Bertz CT molecular complexity index is 556. The van der Waals surface area contributed by atoms with Crippen molar-refractivity contribution < 1.29 is 9.90 Å². The Morgan fingerprint density at radius 2 is 2.05 bits per heavy atom. The number of aliphatic hydroxyl groups is 1. The predicted octanol–water partition coefficient (Wildman–Crippen LogP) is 2.88. The molecule has 2 aromatic rings. The molecule has 0 saturated carbocycles. The lowest BCUT2D eigenvalue weighted by molar-refractivity contribution is 0.102. The molecular weight excluding hydrogens is 240 g/mol. The first-order valence-corrected chi connectivity index (χ1v) is 6.37. The molecule has 0 aliphatic carbocycles. The number of rotatable bonds is 4. The summed E-state index contributed by atoms with van der Waals surface area (Å²) in [4.78, 5) is 14.8. The zero-order valence-electron chi connectivity index (χ0n) is 11.1. The molecule has 0 fully saturated rings. The van der Waals surface area contributed by atoms with Crippen LogP contribution >= 0.6 is 0 Å². The molecule has 1 atom stereocenters. The Kier molecular flexibility index (Phi) is 4.02. The largest absolute Gasteiger partial charge is 0.389 e. The van der Waals surface area contributed by atoms with Crippen LogP contribution < -0.4 is 5.32 Å². The second kappa shape index (κ2) is 5.71. The van der Waals surface area contributed by atoms with Crippen molar-refractivity contribution in [1.82, 2.24) is 4.98 Å². The molecule has 1 unspecified atom stereocenters. The summed E-state index contributed by atoms with van der Waals surface area (Å²) in [5.41, 5.74) is 3.13. The maximum absolute atomic E-state index is 12.0. The van der Waals surface area contributed by atoms with Gasteiger partial charge in [0.1, 0.15) is 5.69 Å². The quantitative estimate of drug-likeness (QED) is 0.789. The molecule has 1 aromatic heterocycles. The highest BCUT2D eigenvalue weighted by atomic mass is 16.3. The Hall–Kier alpha value is -2.07. The molecule has 0 aliphatic heterocycles. The number of aromatic nitrogens is 1. The summed E-state index contributed by atoms with van der Waals surface area (Å²) in [6.45, 7) is 3.75. The van der Waals surface area contributed by atoms with Crippen molar-refractivity contribution in [2.45, 2.75) is 26.4 Å². The third kappa shape index (κ3) is 3.23. The molecule has 1 aromatic carbocycles. The number of aromatic amines is 1. The molecule has 4 nitrogen and oxygen atoms in total. The van der Waals surface area contributed by atoms with Crippen molar-refractivity contribution in [3.63, 3.8) is 0 Å². The van der Waals surface area contributed by atoms with Gasteiger partial charge in [-0.15, -0.1) is 0 Å². The van der Waals surface area contributed by atoms with Crippen LogP contribution in [0.15, 0.2) is 36.5 Å². The van der Waals surface area contributed by atoms with Gasteiger partial charge in [-0.05, 0) is 42.7 Å². The molecule has 1 amide bonds. The van der Waals surface area contributed by atoms with Crippen molar-refractivity contribution in [3.05, 3.63) is 53.3 Å². The van der Waals surface area contributed by atoms with Crippen LogP contribution in [0.5, 0.6) is 0 Å². The number of aryl methyl sites for hydroxylation is 1. The Labute approximate surface area is 112 Å². The molecule has 0 saturated heterocycles. The van der Waals surface area contributed by atoms with Crippen LogP contribution in [-0.2, 0) is 6.42 Å². The van der Waals surface area contributed by atoms with Gasteiger partial charge in [0.2, 0.25) is 0 Å². The van der Waals surface area contributed by atoms with Gasteiger partial charge in [0, 0.05) is 11.9 Å². The van der Waals surface area contributed by atoms with Gasteiger partial charge in [-0.25, -0.2) is 0 Å². The summed E-state index contributed by atoms with van der Waals surface area (Å²) in [6, 6.07) is 9.40. The first kappa shape index (κ1) is 13.4. The number of hydrogen-bond acceptors (Lipinski definition) is 2. The number of carbonyl (C=O) groups excluding carboxylic acids is 1. The number of nitrogens with one attached hydrogen (secondary N) is 2. The summed E-state index contributed by atoms with van der Waals surface area (Å²) >= 11 is 0. The summed E-state index contributed by atoms with van der Waals surface area (Å²) in [6.07, 6.45) is 2.03. The third-order valence-corrected chi connectivity index (χ3v) is 3.05. The van der Waals surface area contributed by atoms with E-state index in [1.807, 2.05) is 24.3 Å². The van der Waals surface area contributed by atoms with E-state index in [1.54, 1.807) is 19.2 Å². The van der Waals surface area contributed by atoms with E-state index in [-0.39, 0.29) is 5.91 Å². The number of carbonyl (C=O) groups is 1. The highest BCUT2D eigenvalue weighted by Crippen LogP contribution is 2.15. The van der Waals surface area contributed by atoms with Gasteiger partial charge in [-0.2, -0.15) is 0 Å². The van der Waals surface area contributed by atoms with Gasteiger partial charge in [0.05, 0.1) is 6.10 Å². The van der Waals surface area contributed by atoms with Gasteiger partial charge in [-0.3, -0.25) is 4.79 Å². The number of hydrogen-bond donors (Lipinski definition) is 3. The highest BCUT2D eigenvalue weighted by molar-refractivity contribution is 6.03. The monoisotopic (exact) mass is 258 g/mol. The van der Waals surface area contributed by atoms with Crippen molar-refractivity contribution in [2.75, 3.05) is 5.32 Å². The van der Waals surface area contributed by atoms with Crippen LogP contribution in [0.2, 0.25) is 0 Å². The first-order valence-electron chi connectivity index (χ1n) is 6.37. The predicted molar refractivity (Wildman–Crippen MR) is 75.2 cm³/mol. The fraction of sp³-hybridized carbons (Fsp3) is 0.267. The van der Waals surface area contributed by atoms with Crippen molar-refractivity contribution in [1.29, 1.82) is 0 Å². The number of anilines is 1. The second-order valence-corrected chi connectivity index (χ2v) is 4.53. The van der Waals surface area contributed by atoms with Gasteiger partial charge < -0.3 is 15.4 Å². The normalized spacial score (nSPS) is 12.2. The van der Waals surface area contributed by atoms with E-state index in [1.165, 1.54) is 5.56 Å². The van der Waals surface area contributed by atoms with E-state index < -0.39 is 6.10 Å². The fourth-order valence-electron chi connectivity index (χ4n) is 1.81. The first-order chi connectivity index (χ1) is 9.10. The minimum Gasteiger partial charge on any atom is -0.389 e. The van der Waals surface area contributed by atoms with Crippen molar-refractivity contribution >= 4 is 11.6 Å². The van der Waals surface area contributed by atoms with Crippen LogP contribution in [-0.4, -0.2) is 16.0 Å². The second-order valence-electron chi connectivity index (χ2n) is 4.53. The smallest absolute Gasteiger partial charge is 0.272 e. The van der Waals surface area contributed by atoms with E-state index in [4.69, 9.17) is 0 Å². The third-order valence-electron chi connectivity index (χ3n) is 3.05. The van der Waals surface area contributed by atoms with Gasteiger partial charge in [0.15, 0.2) is 0 Å². The van der Waals surface area contributed by atoms with E-state index in [2.05, 4.69) is 17.2 Å². The minimum atomic E-state index is -0.582. The molecule has 4 heteroatoms. The zero-order valence-corrected chi connectivity index (χ0v) is 11.1. The lowest BCUT2D eigenvalue weighted by atomic mass is 10.1. The lowest BCUT2D eigenvalue weighted by Crippen LogP contribution is -2.12. The number of benzene rings is 1. The summed E-state index contributed by atoms with van der Waals surface area (Å²) < 4.78 is 0. The maximum atomic E-state index is 12.0. The molecule has 0 spiro atoms. The number of H-pyrrole nitrogens is 1. The van der Waals surface area contributed by atoms with Gasteiger partial charge in [-0.1, -0.05) is 19.1 Å². The van der Waals surface area contributed by atoms with E-state index in [0.717, 1.165) is 12.1 Å². The van der Waals surface area contributed by atoms with Crippen molar-refractivity contribution in [3.8, 4) is 0 Å². The minimum absolute atomic E-state index is 0.212. The molecule has 2 rings (SSSR count). The average Bonchev–Trinajstić information content (AvgIpc) is 2.89. The van der Waals surface area contributed by atoms with E-state index in [9.17, 15) is 9.90 Å². The Morgan fingerprint density at radius 3 is 2.58 bits per heavy atom. The molecule has 3 N–H and O–H groups in total. The maximum Gasteiger partial charge on any atom is 0.272 e. The summed E-state index contributed by atoms with van der Waals surface area (Å²) in [7, 11) is 0. The van der Waals surface area contributed by atoms with Crippen LogP contribution in [0.3, 0.4) is 0 Å². The standard InChI is InChI=1S/C15H18N2O2/c1-3-11-4-6-13(7-5-11)17-15(19)14-8-12(9-16-14)10(2)18/h4-10,16,18H,3H2,1-2H3,(H,17,19). The number of amides is 1. The van der Waals surface area contributed by atoms with Crippen LogP contribution in [0.1, 0.15) is 41.6 Å². The number of aliphatic hydroxyl groups excluding tert-OH is 1. The molecule has 1 heterocycles. The SMILES string of the molecule is CCc1ccc(NC(=O)c2cc(C(C)O)c[nH]2)cc1. The molecule has 100 valence electrons. The van der Waals surface area contributed by atoms with Gasteiger partial charge >= 0.3 is 0 Å². The van der Waals surface area contributed by atoms with Crippen LogP contribution in [0.25, 0.3) is 0 Å². The Morgan fingerprint density at radius 1 is 1.37 bits per heavy atom. The van der Waals surface area contributed by atoms with Crippen LogP contribution in [0, 0.1) is 0 Å². The topological polar surface area (TPSA) is 65.1 Å². The zero-order chi connectivity index (χ0) is 13.8.